The fraction of sp³-hybridized carbons (Fsp3) is 0.900. The Labute approximate surface area is 97.0 Å². The third-order valence-electron chi connectivity index (χ3n) is 1.89. The zero-order chi connectivity index (χ0) is 13.6. The van der Waals surface area contributed by atoms with Crippen LogP contribution in [0.15, 0.2) is 0 Å². The molecule has 0 saturated heterocycles. The van der Waals surface area contributed by atoms with Gasteiger partial charge < -0.3 is 14.9 Å². The maximum atomic E-state index is 10.7. The van der Waals surface area contributed by atoms with Crippen LogP contribution in [0.25, 0.3) is 0 Å². The Morgan fingerprint density at radius 1 is 1.19 bits per heavy atom. The van der Waals surface area contributed by atoms with Crippen molar-refractivity contribution < 1.29 is 24.3 Å². The second-order valence-electron chi connectivity index (χ2n) is 4.70. The third kappa shape index (κ3) is 7.85. The van der Waals surface area contributed by atoms with Crippen molar-refractivity contribution in [2.45, 2.75) is 53.1 Å². The highest BCUT2D eigenvalue weighted by Gasteiger charge is 2.44. The number of hydrogen-bond acceptors (Lipinski definition) is 2. The van der Waals surface area contributed by atoms with E-state index >= 15 is 0 Å². The van der Waals surface area contributed by atoms with E-state index in [1.54, 1.807) is 0 Å². The maximum Gasteiger partial charge on any atom is 0.340 e. The van der Waals surface area contributed by atoms with E-state index in [0.717, 1.165) is 0 Å². The molecule has 0 rings (SSSR count). The van der Waals surface area contributed by atoms with Crippen LogP contribution in [0.5, 0.6) is 0 Å². The fourth-order valence-corrected chi connectivity index (χ4v) is 2.32. The lowest BCUT2D eigenvalue weighted by Gasteiger charge is -2.27. The second kappa shape index (κ2) is 7.05. The number of rotatable bonds is 3. The van der Waals surface area contributed by atoms with Crippen LogP contribution in [0.2, 0.25) is 0 Å². The van der Waals surface area contributed by atoms with Crippen LogP contribution in [0.1, 0.15) is 47.5 Å². The summed E-state index contributed by atoms with van der Waals surface area (Å²) in [5.74, 6) is -1.46. The van der Waals surface area contributed by atoms with Gasteiger partial charge in [0.15, 0.2) is 5.66 Å². The summed E-state index contributed by atoms with van der Waals surface area (Å²) in [6.45, 7) is 8.79. The fourth-order valence-electron chi connectivity index (χ4n) is 1.02. The number of aliphatic carboxylic acids is 1. The maximum absolute atomic E-state index is 10.7. The molecule has 0 radical (unpaired) electrons. The van der Waals surface area contributed by atoms with Crippen molar-refractivity contribution in [1.82, 2.24) is 0 Å². The molecular weight excluding hydrogens is 231 g/mol. The molecule has 0 spiro atoms. The molecule has 0 aliphatic rings. The number of unbranched alkanes of at least 4 members (excludes halogenated alkanes) is 1. The molecular formula is C10H23O5P. The van der Waals surface area contributed by atoms with Gasteiger partial charge in [-0.05, 0) is 5.41 Å². The highest BCUT2D eigenvalue weighted by atomic mass is 31.2. The molecule has 1 unspecified atom stereocenters. The summed E-state index contributed by atoms with van der Waals surface area (Å²) in [6, 6.07) is 0. The lowest BCUT2D eigenvalue weighted by atomic mass is 9.92. The van der Waals surface area contributed by atoms with Crippen molar-refractivity contribution in [3.63, 3.8) is 0 Å². The molecule has 0 bridgehead atoms. The van der Waals surface area contributed by atoms with Gasteiger partial charge in [-0.2, -0.15) is 0 Å². The number of carbonyl (C=O) groups is 1. The van der Waals surface area contributed by atoms with Crippen LogP contribution < -0.4 is 0 Å². The summed E-state index contributed by atoms with van der Waals surface area (Å²) in [7, 11) is -4.55. The van der Waals surface area contributed by atoms with Crippen molar-refractivity contribution >= 4 is 13.6 Å². The normalized spacial score (nSPS) is 13.7. The third-order valence-corrected chi connectivity index (χ3v) is 3.56. The molecule has 0 aromatic carbocycles. The molecule has 0 aromatic rings. The molecule has 5 nitrogen and oxygen atoms in total. The van der Waals surface area contributed by atoms with E-state index in [1.807, 2.05) is 0 Å². The summed E-state index contributed by atoms with van der Waals surface area (Å²) in [5.41, 5.74) is -2.57. The van der Waals surface area contributed by atoms with E-state index in [1.165, 1.54) is 33.6 Å². The van der Waals surface area contributed by atoms with Gasteiger partial charge in [0.25, 0.3) is 0 Å². The first kappa shape index (κ1) is 18.0. The van der Waals surface area contributed by atoms with Gasteiger partial charge in [0.05, 0.1) is 0 Å². The minimum atomic E-state index is -4.55. The zero-order valence-corrected chi connectivity index (χ0v) is 11.5. The quantitative estimate of drug-likeness (QED) is 0.672. The van der Waals surface area contributed by atoms with Crippen LogP contribution in [0.3, 0.4) is 0 Å². The second-order valence-corrected chi connectivity index (χ2v) is 6.39. The molecule has 0 fully saturated rings. The van der Waals surface area contributed by atoms with Gasteiger partial charge in [-0.1, -0.05) is 47.5 Å². The molecule has 1 atom stereocenters. The first-order chi connectivity index (χ1) is 6.98. The van der Waals surface area contributed by atoms with Crippen molar-refractivity contribution in [2.75, 3.05) is 0 Å². The van der Waals surface area contributed by atoms with Crippen molar-refractivity contribution in [2.24, 2.45) is 5.41 Å². The Morgan fingerprint density at radius 2 is 1.50 bits per heavy atom. The Balaban J connectivity index is 0. The molecule has 0 saturated carbocycles. The van der Waals surface area contributed by atoms with Crippen LogP contribution in [-0.2, 0) is 9.36 Å². The smallest absolute Gasteiger partial charge is 0.340 e. The summed E-state index contributed by atoms with van der Waals surface area (Å²) >= 11 is 0. The molecule has 98 valence electrons. The summed E-state index contributed by atoms with van der Waals surface area (Å²) in [6.07, 6.45) is 2.64. The van der Waals surface area contributed by atoms with Crippen molar-refractivity contribution in [1.29, 1.82) is 0 Å². The minimum absolute atomic E-state index is 0.940. The number of carboxylic acid groups (broad SMARTS) is 1. The van der Waals surface area contributed by atoms with E-state index < -0.39 is 24.6 Å². The largest absolute Gasteiger partial charge is 0.481 e. The van der Waals surface area contributed by atoms with Gasteiger partial charge in [-0.3, -0.25) is 9.36 Å². The van der Waals surface area contributed by atoms with E-state index in [9.17, 15) is 9.36 Å². The van der Waals surface area contributed by atoms with Crippen LogP contribution >= 0.6 is 7.60 Å². The topological polar surface area (TPSA) is 94.8 Å². The molecule has 6 heteroatoms. The monoisotopic (exact) mass is 254 g/mol. The van der Waals surface area contributed by atoms with Crippen LogP contribution in [-0.4, -0.2) is 26.5 Å². The Hall–Kier alpha value is -0.380. The Kier molecular flexibility index (Phi) is 7.93. The predicted octanol–water partition coefficient (Wildman–Crippen LogP) is 2.47. The lowest BCUT2D eigenvalue weighted by Crippen LogP contribution is -2.34. The number of carboxylic acids is 1. The van der Waals surface area contributed by atoms with Gasteiger partial charge in [0, 0.05) is 0 Å². The average Bonchev–Trinajstić information content (AvgIpc) is 1.97. The van der Waals surface area contributed by atoms with Gasteiger partial charge in [-0.25, -0.2) is 0 Å². The van der Waals surface area contributed by atoms with Gasteiger partial charge in [-0.15, -0.1) is 0 Å². The van der Waals surface area contributed by atoms with E-state index in [0.29, 0.717) is 0 Å². The Morgan fingerprint density at radius 3 is 1.50 bits per heavy atom. The summed E-state index contributed by atoms with van der Waals surface area (Å²) in [5, 5.41) is 8.55. The first-order valence-electron chi connectivity index (χ1n) is 5.26. The number of hydrogen-bond donors (Lipinski definition) is 3. The molecule has 0 aliphatic carbocycles. The summed E-state index contributed by atoms with van der Waals surface area (Å²) in [4.78, 5) is 27.9. The van der Waals surface area contributed by atoms with Crippen molar-refractivity contribution in [3.8, 4) is 0 Å². The minimum Gasteiger partial charge on any atom is -0.481 e. The van der Waals surface area contributed by atoms with Crippen LogP contribution in [0.4, 0.5) is 0 Å². The van der Waals surface area contributed by atoms with Gasteiger partial charge in [0.2, 0.25) is 0 Å². The first-order valence-corrected chi connectivity index (χ1v) is 6.94. The lowest BCUT2D eigenvalue weighted by molar-refractivity contribution is -0.138. The predicted molar refractivity (Wildman–Crippen MR) is 63.5 cm³/mol. The Bertz CT molecular complexity index is 248. The van der Waals surface area contributed by atoms with E-state index in [4.69, 9.17) is 14.9 Å². The highest BCUT2D eigenvalue weighted by Crippen LogP contribution is 2.49. The highest BCUT2D eigenvalue weighted by molar-refractivity contribution is 7.53. The molecule has 3 N–H and O–H groups in total. The zero-order valence-electron chi connectivity index (χ0n) is 10.6. The van der Waals surface area contributed by atoms with Gasteiger partial charge in [0.1, 0.15) is 0 Å². The molecule has 0 aliphatic heterocycles. The van der Waals surface area contributed by atoms with Crippen molar-refractivity contribution in [3.05, 3.63) is 0 Å². The van der Waals surface area contributed by atoms with E-state index in [2.05, 4.69) is 13.8 Å². The SMILES string of the molecule is CC(C)(C)C(C(=O)O)P(=O)(O)O.CCCC. The van der Waals surface area contributed by atoms with Gasteiger partial charge >= 0.3 is 13.6 Å². The van der Waals surface area contributed by atoms with Crippen LogP contribution in [0, 0.1) is 5.41 Å². The molecule has 0 amide bonds. The standard InChI is InChI=1S/C6H13O5P.C4H10/c1-6(2,3)4(5(7)8)12(9,10)11;1-3-4-2/h4H,1-3H3,(H,7,8)(H2,9,10,11);3-4H2,1-2H3. The molecule has 16 heavy (non-hydrogen) atoms. The molecule has 0 aromatic heterocycles. The van der Waals surface area contributed by atoms with E-state index in [-0.39, 0.29) is 0 Å². The molecule has 0 heterocycles. The summed E-state index contributed by atoms with van der Waals surface area (Å²) < 4.78 is 10.7. The average molecular weight is 254 g/mol.